The van der Waals surface area contributed by atoms with Gasteiger partial charge >= 0.3 is 0 Å². The number of imide groups is 1. The van der Waals surface area contributed by atoms with E-state index in [1.165, 1.54) is 31.6 Å². The molecular formula is C19H17NO5S. The number of thiophene rings is 1. The van der Waals surface area contributed by atoms with E-state index in [-0.39, 0.29) is 0 Å². The third kappa shape index (κ3) is 3.48. The van der Waals surface area contributed by atoms with Crippen LogP contribution in [0.15, 0.2) is 42.5 Å². The summed E-state index contributed by atoms with van der Waals surface area (Å²) in [5.41, 5.74) is 0.304. The molecule has 3 aromatic rings. The zero-order chi connectivity index (χ0) is 18.7. The van der Waals surface area contributed by atoms with Gasteiger partial charge in [0.25, 0.3) is 11.8 Å². The van der Waals surface area contributed by atoms with Crippen molar-refractivity contribution < 1.29 is 23.8 Å². The van der Waals surface area contributed by atoms with Crippen molar-refractivity contribution in [2.45, 2.75) is 0 Å². The Morgan fingerprint density at radius 3 is 2.31 bits per heavy atom. The molecule has 1 heterocycles. The molecule has 3 rings (SSSR count). The highest BCUT2D eigenvalue weighted by molar-refractivity contribution is 7.20. The van der Waals surface area contributed by atoms with Gasteiger partial charge in [-0.1, -0.05) is 0 Å². The molecule has 1 N–H and O–H groups in total. The Morgan fingerprint density at radius 1 is 0.846 bits per heavy atom. The molecule has 0 aliphatic heterocycles. The number of methoxy groups -OCH3 is 3. The third-order valence-corrected chi connectivity index (χ3v) is 4.93. The Bertz CT molecular complexity index is 979. The van der Waals surface area contributed by atoms with E-state index in [9.17, 15) is 9.59 Å². The van der Waals surface area contributed by atoms with Crippen LogP contribution < -0.4 is 19.5 Å². The second-order valence-electron chi connectivity index (χ2n) is 5.37. The molecule has 0 radical (unpaired) electrons. The number of rotatable bonds is 5. The fraction of sp³-hybridized carbons (Fsp3) is 0.158. The van der Waals surface area contributed by atoms with Crippen molar-refractivity contribution in [2.24, 2.45) is 0 Å². The standard InChI is InChI=1S/C19H17NO5S/c1-23-13-5-7-16-12(8-13)10-17(26-16)19(22)20-18(21)11-4-6-14(24-2)15(9-11)25-3/h4-10H,1-3H3,(H,20,21,22). The maximum Gasteiger partial charge on any atom is 0.268 e. The number of hydrogen-bond donors (Lipinski definition) is 1. The SMILES string of the molecule is COc1ccc2sc(C(=O)NC(=O)c3ccc(OC)c(OC)c3)cc2c1. The molecule has 0 saturated heterocycles. The van der Waals surface area contributed by atoms with Gasteiger partial charge in [0.15, 0.2) is 11.5 Å². The van der Waals surface area contributed by atoms with Crippen LogP contribution in [0.2, 0.25) is 0 Å². The summed E-state index contributed by atoms with van der Waals surface area (Å²) in [6.45, 7) is 0. The number of ether oxygens (including phenoxy) is 3. The van der Waals surface area contributed by atoms with Gasteiger partial charge in [-0.2, -0.15) is 0 Å². The quantitative estimate of drug-likeness (QED) is 0.695. The van der Waals surface area contributed by atoms with Crippen molar-refractivity contribution >= 4 is 33.2 Å². The van der Waals surface area contributed by atoms with Crippen molar-refractivity contribution in [1.29, 1.82) is 0 Å². The molecule has 6 nitrogen and oxygen atoms in total. The maximum atomic E-state index is 12.4. The summed E-state index contributed by atoms with van der Waals surface area (Å²) < 4.78 is 16.4. The van der Waals surface area contributed by atoms with Crippen LogP contribution in [0.25, 0.3) is 10.1 Å². The minimum Gasteiger partial charge on any atom is -0.497 e. The Hall–Kier alpha value is -3.06. The van der Waals surface area contributed by atoms with Gasteiger partial charge in [0.2, 0.25) is 0 Å². The summed E-state index contributed by atoms with van der Waals surface area (Å²) in [4.78, 5) is 25.2. The average Bonchev–Trinajstić information content (AvgIpc) is 3.10. The predicted octanol–water partition coefficient (Wildman–Crippen LogP) is 3.50. The van der Waals surface area contributed by atoms with Crippen LogP contribution in [0.1, 0.15) is 20.0 Å². The van der Waals surface area contributed by atoms with Crippen LogP contribution in [0.5, 0.6) is 17.2 Å². The van der Waals surface area contributed by atoms with E-state index in [2.05, 4.69) is 5.32 Å². The molecule has 26 heavy (non-hydrogen) atoms. The lowest BCUT2D eigenvalue weighted by atomic mass is 10.2. The van der Waals surface area contributed by atoms with Gasteiger partial charge in [-0.05, 0) is 47.9 Å². The predicted molar refractivity (Wildman–Crippen MR) is 99.7 cm³/mol. The van der Waals surface area contributed by atoms with Crippen molar-refractivity contribution in [2.75, 3.05) is 21.3 Å². The average molecular weight is 371 g/mol. The number of nitrogens with one attached hydrogen (secondary N) is 1. The monoisotopic (exact) mass is 371 g/mol. The number of carbonyl (C=O) groups is 2. The van der Waals surface area contributed by atoms with E-state index >= 15 is 0 Å². The number of benzene rings is 2. The molecule has 2 amide bonds. The summed E-state index contributed by atoms with van der Waals surface area (Å²) >= 11 is 1.31. The Balaban J connectivity index is 1.80. The van der Waals surface area contributed by atoms with Crippen LogP contribution >= 0.6 is 11.3 Å². The molecule has 0 aliphatic carbocycles. The van der Waals surface area contributed by atoms with Gasteiger partial charge in [0.1, 0.15) is 5.75 Å². The fourth-order valence-corrected chi connectivity index (χ4v) is 3.41. The van der Waals surface area contributed by atoms with Crippen LogP contribution in [-0.2, 0) is 0 Å². The van der Waals surface area contributed by atoms with E-state index in [0.717, 1.165) is 10.1 Å². The molecule has 1 aromatic heterocycles. The minimum atomic E-state index is -0.508. The topological polar surface area (TPSA) is 73.9 Å². The Kier molecular flexibility index (Phi) is 5.09. The molecule has 0 aliphatic rings. The first-order chi connectivity index (χ1) is 12.5. The third-order valence-electron chi connectivity index (χ3n) is 3.82. The van der Waals surface area contributed by atoms with Crippen molar-refractivity contribution in [1.82, 2.24) is 5.32 Å². The smallest absolute Gasteiger partial charge is 0.268 e. The van der Waals surface area contributed by atoms with Gasteiger partial charge in [-0.15, -0.1) is 11.3 Å². The summed E-state index contributed by atoms with van der Waals surface area (Å²) in [6, 6.07) is 12.0. The zero-order valence-corrected chi connectivity index (χ0v) is 15.3. The van der Waals surface area contributed by atoms with Crippen LogP contribution in [-0.4, -0.2) is 33.1 Å². The minimum absolute atomic E-state index is 0.304. The number of carbonyl (C=O) groups excluding carboxylic acids is 2. The molecule has 0 saturated carbocycles. The van der Waals surface area contributed by atoms with Crippen LogP contribution in [0.4, 0.5) is 0 Å². The van der Waals surface area contributed by atoms with Gasteiger partial charge in [0, 0.05) is 10.3 Å². The number of fused-ring (bicyclic) bond motifs is 1. The normalized spacial score (nSPS) is 10.4. The molecule has 134 valence electrons. The number of amides is 2. The van der Waals surface area contributed by atoms with E-state index < -0.39 is 11.8 Å². The van der Waals surface area contributed by atoms with E-state index in [4.69, 9.17) is 14.2 Å². The highest BCUT2D eigenvalue weighted by Gasteiger charge is 2.17. The van der Waals surface area contributed by atoms with Gasteiger partial charge in [0.05, 0.1) is 26.2 Å². The second kappa shape index (κ2) is 7.45. The molecule has 0 unspecified atom stereocenters. The van der Waals surface area contributed by atoms with E-state index in [1.807, 2.05) is 18.2 Å². The molecule has 0 bridgehead atoms. The van der Waals surface area contributed by atoms with Crippen molar-refractivity contribution in [3.05, 3.63) is 52.9 Å². The molecule has 0 atom stereocenters. The highest BCUT2D eigenvalue weighted by atomic mass is 32.1. The highest BCUT2D eigenvalue weighted by Crippen LogP contribution is 2.29. The zero-order valence-electron chi connectivity index (χ0n) is 14.5. The first kappa shape index (κ1) is 17.8. The van der Waals surface area contributed by atoms with Gasteiger partial charge in [-0.25, -0.2) is 0 Å². The molecular weight excluding hydrogens is 354 g/mol. The lowest BCUT2D eigenvalue weighted by molar-refractivity contribution is 0.0851. The van der Waals surface area contributed by atoms with Crippen molar-refractivity contribution in [3.8, 4) is 17.2 Å². The summed E-state index contributed by atoms with van der Waals surface area (Å²) in [6.07, 6.45) is 0. The maximum absolute atomic E-state index is 12.4. The summed E-state index contributed by atoms with van der Waals surface area (Å²) in [5.74, 6) is 0.676. The van der Waals surface area contributed by atoms with Crippen molar-refractivity contribution in [3.63, 3.8) is 0 Å². The van der Waals surface area contributed by atoms with Gasteiger partial charge in [-0.3, -0.25) is 14.9 Å². The van der Waals surface area contributed by atoms with Gasteiger partial charge < -0.3 is 14.2 Å². The largest absolute Gasteiger partial charge is 0.497 e. The molecule has 0 fully saturated rings. The first-order valence-corrected chi connectivity index (χ1v) is 8.52. The van der Waals surface area contributed by atoms with Crippen LogP contribution in [0, 0.1) is 0 Å². The number of hydrogen-bond acceptors (Lipinski definition) is 6. The summed E-state index contributed by atoms with van der Waals surface area (Å²) in [7, 11) is 4.58. The summed E-state index contributed by atoms with van der Waals surface area (Å²) in [5, 5.41) is 3.28. The fourth-order valence-electron chi connectivity index (χ4n) is 2.47. The second-order valence-corrected chi connectivity index (χ2v) is 6.45. The molecule has 7 heteroatoms. The Labute approximate surface area is 154 Å². The lowest BCUT2D eigenvalue weighted by Crippen LogP contribution is -2.29. The van der Waals surface area contributed by atoms with Crippen LogP contribution in [0.3, 0.4) is 0 Å². The first-order valence-electron chi connectivity index (χ1n) is 7.71. The lowest BCUT2D eigenvalue weighted by Gasteiger charge is -2.09. The molecule has 2 aromatic carbocycles. The Morgan fingerprint density at radius 2 is 1.62 bits per heavy atom. The molecule has 0 spiro atoms. The van der Waals surface area contributed by atoms with E-state index in [1.54, 1.807) is 25.3 Å². The van der Waals surface area contributed by atoms with E-state index in [0.29, 0.717) is 27.7 Å².